The lowest BCUT2D eigenvalue weighted by atomic mass is 9.80. The van der Waals surface area contributed by atoms with Crippen LogP contribution < -0.4 is 0 Å². The standard InChI is InChI=1S/C11H16O3/c1-11(2)9-5-3-4-7(12)6-8(9)10(13)14-11/h8-9H,3-6H2,1-2H3/t8?,9-/m1/s1. The minimum absolute atomic E-state index is 0.167. The molecule has 2 fully saturated rings. The lowest BCUT2D eigenvalue weighted by molar-refractivity contribution is -0.149. The highest BCUT2D eigenvalue weighted by molar-refractivity contribution is 5.86. The number of hydrogen-bond acceptors (Lipinski definition) is 3. The lowest BCUT2D eigenvalue weighted by Crippen LogP contribution is -2.29. The summed E-state index contributed by atoms with van der Waals surface area (Å²) >= 11 is 0. The van der Waals surface area contributed by atoms with Gasteiger partial charge in [0.25, 0.3) is 0 Å². The van der Waals surface area contributed by atoms with Gasteiger partial charge in [-0.15, -0.1) is 0 Å². The summed E-state index contributed by atoms with van der Waals surface area (Å²) in [6, 6.07) is 0. The Bertz CT molecular complexity index is 280. The number of hydrogen-bond donors (Lipinski definition) is 0. The van der Waals surface area contributed by atoms with Gasteiger partial charge >= 0.3 is 5.97 Å². The minimum atomic E-state index is -0.369. The van der Waals surface area contributed by atoms with Crippen LogP contribution in [-0.4, -0.2) is 17.4 Å². The van der Waals surface area contributed by atoms with Gasteiger partial charge in [-0.25, -0.2) is 0 Å². The van der Waals surface area contributed by atoms with Crippen molar-refractivity contribution in [1.29, 1.82) is 0 Å². The Hall–Kier alpha value is -0.860. The summed E-state index contributed by atoms with van der Waals surface area (Å²) in [5.74, 6) is 0.115. The highest BCUT2D eigenvalue weighted by Crippen LogP contribution is 2.43. The fourth-order valence-corrected chi connectivity index (χ4v) is 2.70. The van der Waals surface area contributed by atoms with E-state index in [0.717, 1.165) is 12.8 Å². The molecule has 1 unspecified atom stereocenters. The van der Waals surface area contributed by atoms with E-state index in [9.17, 15) is 9.59 Å². The molecule has 1 saturated heterocycles. The summed E-state index contributed by atoms with van der Waals surface area (Å²) in [6.07, 6.45) is 2.87. The second-order valence-electron chi connectivity index (χ2n) is 4.87. The van der Waals surface area contributed by atoms with Crippen LogP contribution in [0.15, 0.2) is 0 Å². The average Bonchev–Trinajstić information content (AvgIpc) is 2.23. The number of ketones is 1. The Kier molecular flexibility index (Phi) is 2.13. The molecule has 3 nitrogen and oxygen atoms in total. The molecular formula is C11H16O3. The molecule has 1 heterocycles. The molecule has 14 heavy (non-hydrogen) atoms. The molecule has 78 valence electrons. The molecule has 0 radical (unpaired) electrons. The third-order valence-electron chi connectivity index (χ3n) is 3.46. The predicted octanol–water partition coefficient (Wildman–Crippen LogP) is 1.70. The van der Waals surface area contributed by atoms with E-state index in [1.165, 1.54) is 0 Å². The first-order valence-electron chi connectivity index (χ1n) is 5.25. The molecule has 0 N–H and O–H groups in total. The molecule has 0 aromatic carbocycles. The van der Waals surface area contributed by atoms with Crippen molar-refractivity contribution in [1.82, 2.24) is 0 Å². The van der Waals surface area contributed by atoms with E-state index in [2.05, 4.69) is 0 Å². The van der Waals surface area contributed by atoms with Crippen molar-refractivity contribution >= 4 is 11.8 Å². The first-order chi connectivity index (χ1) is 6.50. The highest BCUT2D eigenvalue weighted by Gasteiger charge is 2.50. The van der Waals surface area contributed by atoms with E-state index in [1.54, 1.807) is 0 Å². The van der Waals surface area contributed by atoms with Gasteiger partial charge in [-0.1, -0.05) is 0 Å². The molecule has 3 heteroatoms. The number of fused-ring (bicyclic) bond motifs is 1. The van der Waals surface area contributed by atoms with Crippen LogP contribution in [0.4, 0.5) is 0 Å². The van der Waals surface area contributed by atoms with Crippen molar-refractivity contribution in [3.8, 4) is 0 Å². The Morgan fingerprint density at radius 1 is 1.36 bits per heavy atom. The molecule has 1 aliphatic heterocycles. The normalized spacial score (nSPS) is 36.1. The molecule has 0 spiro atoms. The summed E-state index contributed by atoms with van der Waals surface area (Å²) in [4.78, 5) is 22.9. The Morgan fingerprint density at radius 2 is 2.07 bits per heavy atom. The Morgan fingerprint density at radius 3 is 2.79 bits per heavy atom. The monoisotopic (exact) mass is 196 g/mol. The molecule has 2 aliphatic rings. The molecule has 0 bridgehead atoms. The van der Waals surface area contributed by atoms with Crippen LogP contribution >= 0.6 is 0 Å². The third kappa shape index (κ3) is 1.45. The first-order valence-corrected chi connectivity index (χ1v) is 5.25. The van der Waals surface area contributed by atoms with Crippen LogP contribution in [0, 0.1) is 11.8 Å². The quantitative estimate of drug-likeness (QED) is 0.554. The van der Waals surface area contributed by atoms with E-state index in [0.29, 0.717) is 12.8 Å². The van der Waals surface area contributed by atoms with Crippen LogP contribution in [0.25, 0.3) is 0 Å². The van der Waals surface area contributed by atoms with Crippen molar-refractivity contribution in [2.75, 3.05) is 0 Å². The van der Waals surface area contributed by atoms with E-state index in [-0.39, 0.29) is 29.2 Å². The largest absolute Gasteiger partial charge is 0.459 e. The molecule has 2 rings (SSSR count). The third-order valence-corrected chi connectivity index (χ3v) is 3.46. The molecule has 1 saturated carbocycles. The fourth-order valence-electron chi connectivity index (χ4n) is 2.70. The summed E-state index contributed by atoms with van der Waals surface area (Å²) in [7, 11) is 0. The zero-order chi connectivity index (χ0) is 10.3. The smallest absolute Gasteiger partial charge is 0.310 e. The van der Waals surface area contributed by atoms with E-state index in [4.69, 9.17) is 4.74 Å². The van der Waals surface area contributed by atoms with Crippen LogP contribution in [0.3, 0.4) is 0 Å². The van der Waals surface area contributed by atoms with Gasteiger partial charge in [0.2, 0.25) is 0 Å². The SMILES string of the molecule is CC1(C)OC(=O)C2CC(=O)CCC[C@H]21. The maximum Gasteiger partial charge on any atom is 0.310 e. The zero-order valence-electron chi connectivity index (χ0n) is 8.71. The van der Waals surface area contributed by atoms with Gasteiger partial charge < -0.3 is 4.74 Å². The summed E-state index contributed by atoms with van der Waals surface area (Å²) < 4.78 is 5.31. The van der Waals surface area contributed by atoms with Gasteiger partial charge in [0, 0.05) is 18.8 Å². The van der Waals surface area contributed by atoms with Gasteiger partial charge in [0.1, 0.15) is 11.4 Å². The van der Waals surface area contributed by atoms with Gasteiger partial charge in [0.15, 0.2) is 0 Å². The van der Waals surface area contributed by atoms with Crippen LogP contribution in [-0.2, 0) is 14.3 Å². The maximum atomic E-state index is 11.5. The lowest BCUT2D eigenvalue weighted by Gasteiger charge is -2.25. The van der Waals surface area contributed by atoms with Crippen molar-refractivity contribution in [3.05, 3.63) is 0 Å². The molecule has 2 atom stereocenters. The van der Waals surface area contributed by atoms with E-state index in [1.807, 2.05) is 13.8 Å². The summed E-state index contributed by atoms with van der Waals surface area (Å²) in [5, 5.41) is 0. The van der Waals surface area contributed by atoms with Crippen LogP contribution in [0.1, 0.15) is 39.5 Å². The van der Waals surface area contributed by atoms with Gasteiger partial charge in [0.05, 0.1) is 5.92 Å². The van der Waals surface area contributed by atoms with Crippen molar-refractivity contribution < 1.29 is 14.3 Å². The molecule has 0 amide bonds. The fraction of sp³-hybridized carbons (Fsp3) is 0.818. The molecule has 0 aromatic rings. The number of ether oxygens (including phenoxy) is 1. The Labute approximate surface area is 83.8 Å². The Balaban J connectivity index is 2.25. The van der Waals surface area contributed by atoms with Crippen molar-refractivity contribution in [2.24, 2.45) is 11.8 Å². The highest BCUT2D eigenvalue weighted by atomic mass is 16.6. The van der Waals surface area contributed by atoms with E-state index < -0.39 is 0 Å². The van der Waals surface area contributed by atoms with Crippen molar-refractivity contribution in [2.45, 2.75) is 45.1 Å². The summed E-state index contributed by atoms with van der Waals surface area (Å²) in [5.41, 5.74) is -0.369. The van der Waals surface area contributed by atoms with Gasteiger partial charge in [-0.2, -0.15) is 0 Å². The summed E-state index contributed by atoms with van der Waals surface area (Å²) in [6.45, 7) is 3.90. The average molecular weight is 196 g/mol. The number of esters is 1. The van der Waals surface area contributed by atoms with Crippen LogP contribution in [0.2, 0.25) is 0 Å². The second-order valence-corrected chi connectivity index (χ2v) is 4.87. The van der Waals surface area contributed by atoms with Crippen LogP contribution in [0.5, 0.6) is 0 Å². The number of Topliss-reactive ketones (excluding diaryl/α,β-unsaturated/α-hetero) is 1. The minimum Gasteiger partial charge on any atom is -0.459 e. The number of carbonyl (C=O) groups excluding carboxylic acids is 2. The number of carbonyl (C=O) groups is 2. The molecule has 0 aromatic heterocycles. The topological polar surface area (TPSA) is 43.4 Å². The second kappa shape index (κ2) is 3.07. The maximum absolute atomic E-state index is 11.5. The van der Waals surface area contributed by atoms with Gasteiger partial charge in [-0.3, -0.25) is 9.59 Å². The number of cyclic esters (lactones) is 1. The van der Waals surface area contributed by atoms with E-state index >= 15 is 0 Å². The first kappa shape index (κ1) is 9.69. The predicted molar refractivity (Wildman–Crippen MR) is 50.6 cm³/mol. The zero-order valence-corrected chi connectivity index (χ0v) is 8.71. The van der Waals surface area contributed by atoms with Gasteiger partial charge in [-0.05, 0) is 26.7 Å². The number of rotatable bonds is 0. The molecule has 1 aliphatic carbocycles. The molecular weight excluding hydrogens is 180 g/mol. The van der Waals surface area contributed by atoms with Crippen molar-refractivity contribution in [3.63, 3.8) is 0 Å².